The highest BCUT2D eigenvalue weighted by molar-refractivity contribution is 5.94. The summed E-state index contributed by atoms with van der Waals surface area (Å²) in [6.45, 7) is 3.34. The van der Waals surface area contributed by atoms with Crippen LogP contribution >= 0.6 is 0 Å². The number of rotatable bonds is 6. The molecular weight excluding hydrogens is 258 g/mol. The molecule has 1 aliphatic heterocycles. The molecule has 2 rings (SSSR count). The normalized spacial score (nSPS) is 14.7. The number of benzene rings is 1. The number of fused-ring (bicyclic) bond motifs is 1. The summed E-state index contributed by atoms with van der Waals surface area (Å²) in [4.78, 5) is 22.6. The predicted octanol–water partition coefficient (Wildman–Crippen LogP) is 1.95. The van der Waals surface area contributed by atoms with E-state index in [1.165, 1.54) is 0 Å². The standard InChI is InChI=1S/C15H19NO4/c1-10(15(18)19)3-2-6-16-14(17)11-4-5-12-8-20-9-13(12)7-11/h4-5,7,10H,2-3,6,8-9H2,1H3,(H,16,17)(H,18,19). The molecule has 1 aliphatic rings. The first-order valence-electron chi connectivity index (χ1n) is 6.78. The van der Waals surface area contributed by atoms with Crippen molar-refractivity contribution in [2.75, 3.05) is 6.54 Å². The van der Waals surface area contributed by atoms with E-state index in [0.717, 1.165) is 11.1 Å². The van der Waals surface area contributed by atoms with Gasteiger partial charge in [-0.2, -0.15) is 0 Å². The monoisotopic (exact) mass is 277 g/mol. The molecular formula is C15H19NO4. The minimum atomic E-state index is -0.796. The molecule has 0 aliphatic carbocycles. The number of aliphatic carboxylic acids is 1. The zero-order chi connectivity index (χ0) is 14.5. The first-order chi connectivity index (χ1) is 9.58. The van der Waals surface area contributed by atoms with Gasteiger partial charge in [0.15, 0.2) is 0 Å². The van der Waals surface area contributed by atoms with E-state index in [0.29, 0.717) is 38.2 Å². The van der Waals surface area contributed by atoms with Crippen LogP contribution in [0.1, 0.15) is 41.3 Å². The van der Waals surface area contributed by atoms with Crippen LogP contribution < -0.4 is 5.32 Å². The van der Waals surface area contributed by atoms with Gasteiger partial charge < -0.3 is 15.2 Å². The molecule has 2 N–H and O–H groups in total. The Balaban J connectivity index is 1.79. The van der Waals surface area contributed by atoms with Gasteiger partial charge in [0.05, 0.1) is 19.1 Å². The largest absolute Gasteiger partial charge is 0.481 e. The number of ether oxygens (including phenoxy) is 1. The minimum absolute atomic E-state index is 0.123. The average molecular weight is 277 g/mol. The Bertz CT molecular complexity index is 513. The Labute approximate surface area is 117 Å². The van der Waals surface area contributed by atoms with E-state index in [9.17, 15) is 9.59 Å². The summed E-state index contributed by atoms with van der Waals surface area (Å²) in [5, 5.41) is 11.6. The van der Waals surface area contributed by atoms with Crippen molar-refractivity contribution in [2.24, 2.45) is 5.92 Å². The van der Waals surface area contributed by atoms with Crippen molar-refractivity contribution < 1.29 is 19.4 Å². The van der Waals surface area contributed by atoms with E-state index in [-0.39, 0.29) is 11.8 Å². The summed E-state index contributed by atoms with van der Waals surface area (Å²) in [7, 11) is 0. The highest BCUT2D eigenvalue weighted by atomic mass is 16.5. The average Bonchev–Trinajstić information content (AvgIpc) is 2.90. The maximum Gasteiger partial charge on any atom is 0.306 e. The molecule has 5 nitrogen and oxygen atoms in total. The Kier molecular flexibility index (Phi) is 4.74. The Morgan fingerprint density at radius 1 is 1.35 bits per heavy atom. The van der Waals surface area contributed by atoms with Crippen molar-refractivity contribution >= 4 is 11.9 Å². The summed E-state index contributed by atoms with van der Waals surface area (Å²) < 4.78 is 5.31. The van der Waals surface area contributed by atoms with Gasteiger partial charge in [0.2, 0.25) is 0 Å². The molecule has 0 saturated heterocycles. The second-order valence-corrected chi connectivity index (χ2v) is 5.11. The van der Waals surface area contributed by atoms with Crippen LogP contribution in [0.3, 0.4) is 0 Å². The van der Waals surface area contributed by atoms with Crippen molar-refractivity contribution in [1.29, 1.82) is 0 Å². The van der Waals surface area contributed by atoms with Crippen LogP contribution in [-0.2, 0) is 22.7 Å². The van der Waals surface area contributed by atoms with Crippen LogP contribution in [0.5, 0.6) is 0 Å². The van der Waals surface area contributed by atoms with E-state index < -0.39 is 5.97 Å². The summed E-state index contributed by atoms with van der Waals surface area (Å²) in [5.74, 6) is -1.29. The van der Waals surface area contributed by atoms with E-state index in [2.05, 4.69) is 5.32 Å². The fourth-order valence-corrected chi connectivity index (χ4v) is 2.15. The van der Waals surface area contributed by atoms with Crippen molar-refractivity contribution in [3.8, 4) is 0 Å². The van der Waals surface area contributed by atoms with Crippen LogP contribution in [0.25, 0.3) is 0 Å². The molecule has 0 aromatic heterocycles. The van der Waals surface area contributed by atoms with Gasteiger partial charge in [-0.1, -0.05) is 13.0 Å². The lowest BCUT2D eigenvalue weighted by Gasteiger charge is -2.08. The molecule has 0 bridgehead atoms. The van der Waals surface area contributed by atoms with Crippen LogP contribution in [0.15, 0.2) is 18.2 Å². The maximum atomic E-state index is 12.0. The topological polar surface area (TPSA) is 75.6 Å². The van der Waals surface area contributed by atoms with E-state index in [1.54, 1.807) is 13.0 Å². The molecule has 1 aromatic carbocycles. The summed E-state index contributed by atoms with van der Waals surface area (Å²) in [6.07, 6.45) is 1.22. The number of hydrogen-bond donors (Lipinski definition) is 2. The van der Waals surface area contributed by atoms with Gasteiger partial charge >= 0.3 is 5.97 Å². The molecule has 0 fully saturated rings. The van der Waals surface area contributed by atoms with Crippen LogP contribution in [0.2, 0.25) is 0 Å². The first kappa shape index (κ1) is 14.5. The highest BCUT2D eigenvalue weighted by Gasteiger charge is 2.14. The molecule has 1 heterocycles. The number of carboxylic acids is 1. The SMILES string of the molecule is CC(CCCNC(=O)c1ccc2c(c1)COC2)C(=O)O. The summed E-state index contributed by atoms with van der Waals surface area (Å²) >= 11 is 0. The van der Waals surface area contributed by atoms with Gasteiger partial charge in [-0.05, 0) is 36.1 Å². The van der Waals surface area contributed by atoms with E-state index in [1.807, 2.05) is 12.1 Å². The number of nitrogens with one attached hydrogen (secondary N) is 1. The molecule has 1 unspecified atom stereocenters. The lowest BCUT2D eigenvalue weighted by Crippen LogP contribution is -2.25. The van der Waals surface area contributed by atoms with Gasteiger partial charge in [0.1, 0.15) is 0 Å². The molecule has 1 amide bonds. The third-order valence-corrected chi connectivity index (χ3v) is 3.50. The van der Waals surface area contributed by atoms with Gasteiger partial charge in [-0.3, -0.25) is 9.59 Å². The summed E-state index contributed by atoms with van der Waals surface area (Å²) in [6, 6.07) is 5.57. The number of carboxylic acid groups (broad SMARTS) is 1. The van der Waals surface area contributed by atoms with Crippen molar-refractivity contribution in [3.63, 3.8) is 0 Å². The molecule has 1 atom stereocenters. The second-order valence-electron chi connectivity index (χ2n) is 5.11. The Morgan fingerprint density at radius 2 is 2.10 bits per heavy atom. The quantitative estimate of drug-likeness (QED) is 0.779. The lowest BCUT2D eigenvalue weighted by atomic mass is 10.1. The fourth-order valence-electron chi connectivity index (χ4n) is 2.15. The lowest BCUT2D eigenvalue weighted by molar-refractivity contribution is -0.141. The van der Waals surface area contributed by atoms with Crippen LogP contribution in [0, 0.1) is 5.92 Å². The molecule has 108 valence electrons. The van der Waals surface area contributed by atoms with Gasteiger partial charge in [0.25, 0.3) is 5.91 Å². The van der Waals surface area contributed by atoms with Crippen LogP contribution in [0.4, 0.5) is 0 Å². The first-order valence-corrected chi connectivity index (χ1v) is 6.78. The molecule has 1 aromatic rings. The Morgan fingerprint density at radius 3 is 2.85 bits per heavy atom. The van der Waals surface area contributed by atoms with E-state index in [4.69, 9.17) is 9.84 Å². The number of amides is 1. The van der Waals surface area contributed by atoms with Gasteiger partial charge in [0, 0.05) is 12.1 Å². The maximum absolute atomic E-state index is 12.0. The Hall–Kier alpha value is -1.88. The van der Waals surface area contributed by atoms with Crippen molar-refractivity contribution in [3.05, 3.63) is 34.9 Å². The molecule has 0 saturated carbocycles. The summed E-state index contributed by atoms with van der Waals surface area (Å²) in [5.41, 5.74) is 2.83. The minimum Gasteiger partial charge on any atom is -0.481 e. The van der Waals surface area contributed by atoms with E-state index >= 15 is 0 Å². The third-order valence-electron chi connectivity index (χ3n) is 3.50. The third kappa shape index (κ3) is 3.57. The predicted molar refractivity (Wildman–Crippen MR) is 73.3 cm³/mol. The van der Waals surface area contributed by atoms with Gasteiger partial charge in [-0.25, -0.2) is 0 Å². The highest BCUT2D eigenvalue weighted by Crippen LogP contribution is 2.20. The molecule has 0 radical (unpaired) electrons. The zero-order valence-electron chi connectivity index (χ0n) is 11.5. The second kappa shape index (κ2) is 6.52. The molecule has 5 heteroatoms. The van der Waals surface area contributed by atoms with Crippen LogP contribution in [-0.4, -0.2) is 23.5 Å². The van der Waals surface area contributed by atoms with Crippen molar-refractivity contribution in [1.82, 2.24) is 5.32 Å². The van der Waals surface area contributed by atoms with Gasteiger partial charge in [-0.15, -0.1) is 0 Å². The number of carbonyl (C=O) groups is 2. The molecule has 0 spiro atoms. The number of hydrogen-bond acceptors (Lipinski definition) is 3. The number of carbonyl (C=O) groups excluding carboxylic acids is 1. The smallest absolute Gasteiger partial charge is 0.306 e. The molecule has 20 heavy (non-hydrogen) atoms. The van der Waals surface area contributed by atoms with Crippen molar-refractivity contribution in [2.45, 2.75) is 33.0 Å². The fraction of sp³-hybridized carbons (Fsp3) is 0.467. The zero-order valence-corrected chi connectivity index (χ0v) is 11.5.